The number of sulfone groups is 1. The lowest BCUT2D eigenvalue weighted by Crippen LogP contribution is -2.44. The van der Waals surface area contributed by atoms with Crippen LogP contribution in [0.2, 0.25) is 0 Å². The van der Waals surface area contributed by atoms with E-state index in [1.54, 1.807) is 6.07 Å². The van der Waals surface area contributed by atoms with Crippen molar-refractivity contribution in [2.45, 2.75) is 18.9 Å². The average molecular weight is 274 g/mol. The van der Waals surface area contributed by atoms with Crippen molar-refractivity contribution in [1.29, 1.82) is 5.26 Å². The van der Waals surface area contributed by atoms with Crippen LogP contribution in [0.1, 0.15) is 12.8 Å². The smallest absolute Gasteiger partial charge is 0.325 e. The molecule has 1 rings (SSSR count). The standard InChI is InChI=1S/C10H14N2O5S/c1-17-10(14)6-12(9(13)2-4-11)8-3-5-18(15,16)7-8/h8H,2-3,5-7H2,1H3/t8-/m0/s1. The van der Waals surface area contributed by atoms with Crippen LogP contribution in [-0.4, -0.2) is 56.4 Å². The minimum atomic E-state index is -3.16. The van der Waals surface area contributed by atoms with E-state index in [4.69, 9.17) is 5.26 Å². The third-order valence-electron chi connectivity index (χ3n) is 2.73. The molecule has 1 aliphatic rings. The van der Waals surface area contributed by atoms with E-state index in [1.807, 2.05) is 0 Å². The average Bonchev–Trinajstić information content (AvgIpc) is 2.66. The van der Waals surface area contributed by atoms with Crippen molar-refractivity contribution in [3.8, 4) is 6.07 Å². The number of carbonyl (C=O) groups excluding carboxylic acids is 2. The molecule has 0 unspecified atom stereocenters. The summed E-state index contributed by atoms with van der Waals surface area (Å²) in [6.45, 7) is -0.322. The summed E-state index contributed by atoms with van der Waals surface area (Å²) in [6.07, 6.45) is -0.0932. The minimum absolute atomic E-state index is 0.00479. The molecule has 18 heavy (non-hydrogen) atoms. The quantitative estimate of drug-likeness (QED) is 0.614. The molecule has 7 nitrogen and oxygen atoms in total. The summed E-state index contributed by atoms with van der Waals surface area (Å²) in [5.41, 5.74) is 0. The molecule has 1 amide bonds. The van der Waals surface area contributed by atoms with E-state index in [0.717, 1.165) is 4.90 Å². The molecule has 0 N–H and O–H groups in total. The molecule has 0 aromatic carbocycles. The third-order valence-corrected chi connectivity index (χ3v) is 4.48. The molecule has 8 heteroatoms. The van der Waals surface area contributed by atoms with Gasteiger partial charge in [-0.05, 0) is 6.42 Å². The summed E-state index contributed by atoms with van der Waals surface area (Å²) in [4.78, 5) is 24.0. The number of methoxy groups -OCH3 is 1. The van der Waals surface area contributed by atoms with E-state index in [1.165, 1.54) is 7.11 Å². The Morgan fingerprint density at radius 2 is 2.17 bits per heavy atom. The van der Waals surface area contributed by atoms with Crippen LogP contribution in [-0.2, 0) is 24.2 Å². The van der Waals surface area contributed by atoms with Crippen LogP contribution in [0.25, 0.3) is 0 Å². The Morgan fingerprint density at radius 1 is 1.50 bits per heavy atom. The minimum Gasteiger partial charge on any atom is -0.468 e. The third kappa shape index (κ3) is 3.70. The van der Waals surface area contributed by atoms with Gasteiger partial charge in [0, 0.05) is 6.04 Å². The van der Waals surface area contributed by atoms with Gasteiger partial charge < -0.3 is 9.64 Å². The fourth-order valence-electron chi connectivity index (χ4n) is 1.81. The number of amides is 1. The number of hydrogen-bond acceptors (Lipinski definition) is 6. The Bertz CT molecular complexity index is 479. The van der Waals surface area contributed by atoms with Crippen molar-refractivity contribution in [1.82, 2.24) is 4.90 Å². The highest BCUT2D eigenvalue weighted by Crippen LogP contribution is 2.18. The zero-order chi connectivity index (χ0) is 13.8. The van der Waals surface area contributed by atoms with Crippen molar-refractivity contribution in [3.63, 3.8) is 0 Å². The van der Waals surface area contributed by atoms with Gasteiger partial charge in [-0.25, -0.2) is 8.42 Å². The highest BCUT2D eigenvalue weighted by molar-refractivity contribution is 7.91. The summed E-state index contributed by atoms with van der Waals surface area (Å²) in [7, 11) is -1.98. The van der Waals surface area contributed by atoms with E-state index in [-0.39, 0.29) is 30.9 Å². The molecule has 100 valence electrons. The van der Waals surface area contributed by atoms with Crippen LogP contribution in [0.4, 0.5) is 0 Å². The Morgan fingerprint density at radius 3 is 2.61 bits per heavy atom. The van der Waals surface area contributed by atoms with Crippen molar-refractivity contribution in [2.75, 3.05) is 25.2 Å². The van der Waals surface area contributed by atoms with Crippen LogP contribution in [0.3, 0.4) is 0 Å². The van der Waals surface area contributed by atoms with Crippen molar-refractivity contribution < 1.29 is 22.7 Å². The van der Waals surface area contributed by atoms with E-state index in [2.05, 4.69) is 4.74 Å². The van der Waals surface area contributed by atoms with E-state index in [9.17, 15) is 18.0 Å². The topological polar surface area (TPSA) is 105 Å². The SMILES string of the molecule is COC(=O)CN(C(=O)CC#N)[C@H]1CCS(=O)(=O)C1. The van der Waals surface area contributed by atoms with Crippen LogP contribution in [0.15, 0.2) is 0 Å². The molecule has 1 aliphatic heterocycles. The lowest BCUT2D eigenvalue weighted by atomic mass is 10.2. The monoisotopic (exact) mass is 274 g/mol. The summed E-state index contributed by atoms with van der Waals surface area (Å²) >= 11 is 0. The maximum absolute atomic E-state index is 11.7. The Balaban J connectivity index is 2.81. The molecule has 0 spiro atoms. The molecule has 0 saturated carbocycles. The highest BCUT2D eigenvalue weighted by Gasteiger charge is 2.35. The van der Waals surface area contributed by atoms with Gasteiger partial charge in [-0.1, -0.05) is 0 Å². The Kier molecular flexibility index (Phi) is 4.67. The second-order valence-corrected chi connectivity index (χ2v) is 6.22. The molecular formula is C10H14N2O5S. The maximum Gasteiger partial charge on any atom is 0.325 e. The fourth-order valence-corrected chi connectivity index (χ4v) is 3.55. The van der Waals surface area contributed by atoms with Crippen LogP contribution in [0.5, 0.6) is 0 Å². The molecule has 1 heterocycles. The first-order chi connectivity index (χ1) is 8.39. The van der Waals surface area contributed by atoms with E-state index < -0.39 is 27.8 Å². The Hall–Kier alpha value is -1.62. The second kappa shape index (κ2) is 5.82. The normalized spacial score (nSPS) is 21.0. The molecule has 0 bridgehead atoms. The largest absolute Gasteiger partial charge is 0.468 e. The number of nitriles is 1. The van der Waals surface area contributed by atoms with E-state index in [0.29, 0.717) is 0 Å². The summed E-state index contributed by atoms with van der Waals surface area (Å²) in [5, 5.41) is 8.49. The zero-order valence-electron chi connectivity index (χ0n) is 9.96. The molecule has 0 aromatic rings. The zero-order valence-corrected chi connectivity index (χ0v) is 10.8. The fraction of sp³-hybridized carbons (Fsp3) is 0.700. The van der Waals surface area contributed by atoms with Crippen LogP contribution < -0.4 is 0 Å². The van der Waals surface area contributed by atoms with Gasteiger partial charge in [0.05, 0.1) is 24.7 Å². The molecular weight excluding hydrogens is 260 g/mol. The number of ether oxygens (including phenoxy) is 1. The second-order valence-electron chi connectivity index (χ2n) is 3.99. The van der Waals surface area contributed by atoms with E-state index >= 15 is 0 Å². The lowest BCUT2D eigenvalue weighted by molar-refractivity contribution is -0.148. The van der Waals surface area contributed by atoms with Gasteiger partial charge in [0.25, 0.3) is 0 Å². The Labute approximate surface area is 105 Å². The van der Waals surface area contributed by atoms with Crippen LogP contribution in [0, 0.1) is 11.3 Å². The molecule has 1 saturated heterocycles. The van der Waals surface area contributed by atoms with Gasteiger partial charge in [0.1, 0.15) is 13.0 Å². The number of hydrogen-bond donors (Lipinski definition) is 0. The molecule has 1 fully saturated rings. The van der Waals surface area contributed by atoms with Gasteiger partial charge in [0.15, 0.2) is 9.84 Å². The van der Waals surface area contributed by atoms with Gasteiger partial charge in [-0.15, -0.1) is 0 Å². The van der Waals surface area contributed by atoms with Gasteiger partial charge >= 0.3 is 5.97 Å². The first-order valence-electron chi connectivity index (χ1n) is 5.33. The van der Waals surface area contributed by atoms with Crippen molar-refractivity contribution in [2.24, 2.45) is 0 Å². The van der Waals surface area contributed by atoms with Gasteiger partial charge in [0.2, 0.25) is 5.91 Å². The highest BCUT2D eigenvalue weighted by atomic mass is 32.2. The van der Waals surface area contributed by atoms with Crippen LogP contribution >= 0.6 is 0 Å². The summed E-state index contributed by atoms with van der Waals surface area (Å²) < 4.78 is 27.2. The lowest BCUT2D eigenvalue weighted by Gasteiger charge is -2.26. The number of rotatable bonds is 4. The summed E-state index contributed by atoms with van der Waals surface area (Å²) in [5.74, 6) is -1.35. The first-order valence-corrected chi connectivity index (χ1v) is 7.15. The number of nitrogens with zero attached hydrogens (tertiary/aromatic N) is 2. The predicted octanol–water partition coefficient (Wildman–Crippen LogP) is -0.911. The number of esters is 1. The molecule has 0 aliphatic carbocycles. The van der Waals surface area contributed by atoms with Crippen molar-refractivity contribution in [3.05, 3.63) is 0 Å². The van der Waals surface area contributed by atoms with Gasteiger partial charge in [-0.2, -0.15) is 5.26 Å². The first kappa shape index (κ1) is 14.4. The number of carbonyl (C=O) groups is 2. The summed E-state index contributed by atoms with van der Waals surface area (Å²) in [6, 6.07) is 1.14. The maximum atomic E-state index is 11.7. The molecule has 0 aromatic heterocycles. The predicted molar refractivity (Wildman–Crippen MR) is 61.0 cm³/mol. The van der Waals surface area contributed by atoms with Gasteiger partial charge in [-0.3, -0.25) is 9.59 Å². The molecule has 0 radical (unpaired) electrons. The van der Waals surface area contributed by atoms with Crippen molar-refractivity contribution >= 4 is 21.7 Å². The molecule has 1 atom stereocenters.